The fraction of sp³-hybridized carbons (Fsp3) is 0.375. The molecular weight excluding hydrogens is 324 g/mol. The molecule has 0 unspecified atom stereocenters. The summed E-state index contributed by atoms with van der Waals surface area (Å²) >= 11 is 1.39. The zero-order valence-corrected chi connectivity index (χ0v) is 14.2. The van der Waals surface area contributed by atoms with Crippen LogP contribution in [0, 0.1) is 11.3 Å². The van der Waals surface area contributed by atoms with Crippen molar-refractivity contribution in [3.8, 4) is 6.07 Å². The smallest absolute Gasteiger partial charge is 0.265 e. The number of hydrogen-bond acceptors (Lipinski definition) is 7. The van der Waals surface area contributed by atoms with E-state index in [1.165, 1.54) is 11.3 Å². The van der Waals surface area contributed by atoms with Crippen molar-refractivity contribution in [2.45, 2.75) is 6.92 Å². The number of aromatic nitrogens is 2. The zero-order chi connectivity index (χ0) is 16.9. The monoisotopic (exact) mass is 342 g/mol. The van der Waals surface area contributed by atoms with Crippen LogP contribution in [-0.2, 0) is 0 Å². The van der Waals surface area contributed by atoms with E-state index in [0.717, 1.165) is 17.5 Å². The average Bonchev–Trinajstić information content (AvgIpc) is 3.10. The summed E-state index contributed by atoms with van der Waals surface area (Å²) in [4.78, 5) is 25.7. The first-order valence-electron chi connectivity index (χ1n) is 7.81. The Morgan fingerprint density at radius 3 is 2.88 bits per heavy atom. The van der Waals surface area contributed by atoms with E-state index >= 15 is 0 Å². The van der Waals surface area contributed by atoms with Crippen molar-refractivity contribution in [3.05, 3.63) is 35.0 Å². The Hall–Kier alpha value is -2.66. The van der Waals surface area contributed by atoms with Crippen molar-refractivity contribution in [3.63, 3.8) is 0 Å². The molecule has 0 atom stereocenters. The van der Waals surface area contributed by atoms with Gasteiger partial charge in [0.25, 0.3) is 5.91 Å². The van der Waals surface area contributed by atoms with E-state index in [-0.39, 0.29) is 5.91 Å². The van der Waals surface area contributed by atoms with Crippen molar-refractivity contribution >= 4 is 28.2 Å². The van der Waals surface area contributed by atoms with Crippen LogP contribution in [0.4, 0.5) is 10.9 Å². The third-order valence-electron chi connectivity index (χ3n) is 3.81. The predicted octanol–water partition coefficient (Wildman–Crippen LogP) is 1.80. The molecule has 3 rings (SSSR count). The minimum atomic E-state index is 0.0232. The lowest BCUT2D eigenvalue weighted by Gasteiger charge is -2.35. The van der Waals surface area contributed by atoms with Gasteiger partial charge in [0.2, 0.25) is 0 Å². The summed E-state index contributed by atoms with van der Waals surface area (Å²) < 4.78 is 0. The lowest BCUT2D eigenvalue weighted by atomic mass is 10.2. The molecule has 1 N–H and O–H groups in total. The van der Waals surface area contributed by atoms with E-state index in [0.29, 0.717) is 36.6 Å². The second kappa shape index (κ2) is 7.27. The number of rotatable bonds is 4. The van der Waals surface area contributed by atoms with Gasteiger partial charge in [-0.15, -0.1) is 0 Å². The van der Waals surface area contributed by atoms with Crippen molar-refractivity contribution in [1.82, 2.24) is 14.9 Å². The number of hydrogen-bond donors (Lipinski definition) is 1. The largest absolute Gasteiger partial charge is 0.362 e. The number of nitrogens with one attached hydrogen (secondary N) is 1. The van der Waals surface area contributed by atoms with E-state index < -0.39 is 0 Å². The molecule has 0 saturated carbocycles. The summed E-state index contributed by atoms with van der Waals surface area (Å²) in [6, 6.07) is 5.60. The van der Waals surface area contributed by atoms with Crippen LogP contribution >= 0.6 is 11.3 Å². The molecule has 8 heteroatoms. The highest BCUT2D eigenvalue weighted by atomic mass is 32.1. The summed E-state index contributed by atoms with van der Waals surface area (Å²) in [7, 11) is 0. The molecule has 1 aliphatic rings. The van der Waals surface area contributed by atoms with Crippen molar-refractivity contribution < 1.29 is 4.79 Å². The fourth-order valence-electron chi connectivity index (χ4n) is 2.56. The van der Waals surface area contributed by atoms with Gasteiger partial charge in [-0.05, 0) is 19.1 Å². The van der Waals surface area contributed by atoms with Crippen LogP contribution in [0.2, 0.25) is 0 Å². The number of pyridine rings is 1. The Kier molecular flexibility index (Phi) is 4.91. The maximum atomic E-state index is 12.6. The third kappa shape index (κ3) is 3.46. The van der Waals surface area contributed by atoms with Crippen LogP contribution in [0.25, 0.3) is 0 Å². The van der Waals surface area contributed by atoms with Crippen LogP contribution in [-0.4, -0.2) is 53.5 Å². The molecule has 2 aromatic rings. The molecule has 1 fully saturated rings. The van der Waals surface area contributed by atoms with Crippen LogP contribution in [0.3, 0.4) is 0 Å². The highest BCUT2D eigenvalue weighted by Crippen LogP contribution is 2.21. The number of nitriles is 1. The first kappa shape index (κ1) is 16.2. The molecule has 1 aliphatic heterocycles. The predicted molar refractivity (Wildman–Crippen MR) is 93.3 cm³/mol. The fourth-order valence-corrected chi connectivity index (χ4v) is 3.41. The molecule has 24 heavy (non-hydrogen) atoms. The topological polar surface area (TPSA) is 85.2 Å². The van der Waals surface area contributed by atoms with E-state index in [4.69, 9.17) is 5.26 Å². The van der Waals surface area contributed by atoms with Gasteiger partial charge in [-0.1, -0.05) is 11.3 Å². The lowest BCUT2D eigenvalue weighted by molar-refractivity contribution is 0.0751. The van der Waals surface area contributed by atoms with Gasteiger partial charge in [0.15, 0.2) is 5.13 Å². The molecule has 1 amide bonds. The molecule has 3 heterocycles. The van der Waals surface area contributed by atoms with Gasteiger partial charge in [0, 0.05) is 38.9 Å². The van der Waals surface area contributed by atoms with Crippen molar-refractivity contribution in [1.29, 1.82) is 5.26 Å². The first-order chi connectivity index (χ1) is 11.7. The average molecular weight is 342 g/mol. The maximum Gasteiger partial charge on any atom is 0.265 e. The van der Waals surface area contributed by atoms with Crippen LogP contribution < -0.4 is 10.2 Å². The van der Waals surface area contributed by atoms with E-state index in [2.05, 4.69) is 26.3 Å². The highest BCUT2D eigenvalue weighted by molar-refractivity contribution is 7.17. The van der Waals surface area contributed by atoms with Gasteiger partial charge in [-0.25, -0.2) is 9.97 Å². The second-order valence-corrected chi connectivity index (χ2v) is 6.38. The Morgan fingerprint density at radius 2 is 2.17 bits per heavy atom. The van der Waals surface area contributed by atoms with Gasteiger partial charge >= 0.3 is 0 Å². The summed E-state index contributed by atoms with van der Waals surface area (Å²) in [6.07, 6.45) is 3.28. The standard InChI is InChI=1S/C16H18N6OS/c1-2-18-16-20-11-13(24-16)15(23)22-7-5-21(6-8-22)14-9-12(10-17)3-4-19-14/h3-4,9,11H,2,5-8H2,1H3,(H,18,20). The molecule has 124 valence electrons. The van der Waals surface area contributed by atoms with Crippen LogP contribution in [0.1, 0.15) is 22.2 Å². The molecule has 2 aromatic heterocycles. The van der Waals surface area contributed by atoms with Gasteiger partial charge < -0.3 is 15.1 Å². The Labute approximate surface area is 144 Å². The summed E-state index contributed by atoms with van der Waals surface area (Å²) in [5.41, 5.74) is 0.596. The van der Waals surface area contributed by atoms with E-state index in [1.54, 1.807) is 24.5 Å². The number of carbonyl (C=O) groups is 1. The third-order valence-corrected chi connectivity index (χ3v) is 4.75. The maximum absolute atomic E-state index is 12.6. The van der Waals surface area contributed by atoms with Gasteiger partial charge in [0.05, 0.1) is 17.8 Å². The SMILES string of the molecule is CCNc1ncc(C(=O)N2CCN(c3cc(C#N)ccn3)CC2)s1. The molecule has 7 nitrogen and oxygen atoms in total. The van der Waals surface area contributed by atoms with Gasteiger partial charge in [0.1, 0.15) is 10.7 Å². The first-order valence-corrected chi connectivity index (χ1v) is 8.63. The van der Waals surface area contributed by atoms with Gasteiger partial charge in [-0.2, -0.15) is 5.26 Å². The molecule has 0 bridgehead atoms. The minimum Gasteiger partial charge on any atom is -0.362 e. The number of piperazine rings is 1. The molecule has 0 aliphatic carbocycles. The molecular formula is C16H18N6OS. The summed E-state index contributed by atoms with van der Waals surface area (Å²) in [5.74, 6) is 0.809. The Bertz CT molecular complexity index is 760. The number of amides is 1. The van der Waals surface area contributed by atoms with E-state index in [1.807, 2.05) is 11.8 Å². The Morgan fingerprint density at radius 1 is 1.38 bits per heavy atom. The van der Waals surface area contributed by atoms with Gasteiger partial charge in [-0.3, -0.25) is 4.79 Å². The van der Waals surface area contributed by atoms with Crippen LogP contribution in [0.15, 0.2) is 24.5 Å². The Balaban J connectivity index is 1.61. The zero-order valence-electron chi connectivity index (χ0n) is 13.4. The number of anilines is 2. The normalized spacial score (nSPS) is 14.3. The molecule has 0 spiro atoms. The second-order valence-electron chi connectivity index (χ2n) is 5.35. The molecule has 0 radical (unpaired) electrons. The highest BCUT2D eigenvalue weighted by Gasteiger charge is 2.24. The van der Waals surface area contributed by atoms with Crippen molar-refractivity contribution in [2.24, 2.45) is 0 Å². The molecule has 0 aromatic carbocycles. The molecule has 1 saturated heterocycles. The number of thiazole rings is 1. The minimum absolute atomic E-state index is 0.0232. The summed E-state index contributed by atoms with van der Waals surface area (Å²) in [5, 5.41) is 12.9. The van der Waals surface area contributed by atoms with E-state index in [9.17, 15) is 4.79 Å². The quantitative estimate of drug-likeness (QED) is 0.912. The number of carbonyl (C=O) groups excluding carboxylic acids is 1. The lowest BCUT2D eigenvalue weighted by Crippen LogP contribution is -2.48. The summed E-state index contributed by atoms with van der Waals surface area (Å²) in [6.45, 7) is 5.45. The van der Waals surface area contributed by atoms with Crippen LogP contribution in [0.5, 0.6) is 0 Å². The van der Waals surface area contributed by atoms with Crippen molar-refractivity contribution in [2.75, 3.05) is 42.9 Å². The number of nitrogens with zero attached hydrogens (tertiary/aromatic N) is 5.